The first-order valence-corrected chi connectivity index (χ1v) is 9.32. The molecule has 0 aliphatic heterocycles. The second-order valence-corrected chi connectivity index (χ2v) is 6.99. The van der Waals surface area contributed by atoms with E-state index in [-0.39, 0.29) is 11.5 Å². The van der Waals surface area contributed by atoms with Gasteiger partial charge in [-0.05, 0) is 36.1 Å². The Morgan fingerprint density at radius 1 is 1.03 bits per heavy atom. The maximum absolute atomic E-state index is 13.8. The van der Waals surface area contributed by atoms with Crippen molar-refractivity contribution in [1.29, 1.82) is 0 Å². The lowest BCUT2D eigenvalue weighted by Crippen LogP contribution is -2.46. The molecule has 0 aromatic heterocycles. The summed E-state index contributed by atoms with van der Waals surface area (Å²) in [5, 5.41) is 5.16. The summed E-state index contributed by atoms with van der Waals surface area (Å²) in [5.41, 5.74) is 1.84. The molecule has 0 radical (unpaired) electrons. The normalized spacial score (nSPS) is 11.6. The second-order valence-electron chi connectivity index (χ2n) is 6.99. The van der Waals surface area contributed by atoms with E-state index >= 15 is 0 Å². The van der Waals surface area contributed by atoms with Gasteiger partial charge in [-0.2, -0.15) is 0 Å². The highest BCUT2D eigenvalue weighted by Crippen LogP contribution is 2.10. The van der Waals surface area contributed by atoms with Crippen LogP contribution in [-0.4, -0.2) is 30.4 Å². The van der Waals surface area contributed by atoms with Crippen LogP contribution in [0.2, 0.25) is 0 Å². The van der Waals surface area contributed by atoms with Crippen LogP contribution in [-0.2, 0) is 20.9 Å². The van der Waals surface area contributed by atoms with Crippen molar-refractivity contribution in [1.82, 2.24) is 10.6 Å². The van der Waals surface area contributed by atoms with E-state index in [1.165, 1.54) is 18.2 Å². The summed E-state index contributed by atoms with van der Waals surface area (Å²) >= 11 is 0. The summed E-state index contributed by atoms with van der Waals surface area (Å²) in [6.07, 6.45) is 0. The summed E-state index contributed by atoms with van der Waals surface area (Å²) in [6.45, 7) is 5.22. The third-order valence-corrected chi connectivity index (χ3v) is 4.41. The Morgan fingerprint density at radius 2 is 1.69 bits per heavy atom. The quantitative estimate of drug-likeness (QED) is 0.668. The lowest BCUT2D eigenvalue weighted by Gasteiger charge is -2.21. The van der Waals surface area contributed by atoms with Crippen molar-refractivity contribution in [3.63, 3.8) is 0 Å². The van der Waals surface area contributed by atoms with E-state index < -0.39 is 36.2 Å². The van der Waals surface area contributed by atoms with E-state index in [1.807, 2.05) is 31.2 Å². The first kappa shape index (κ1) is 22.1. The van der Waals surface area contributed by atoms with Crippen LogP contribution in [0.15, 0.2) is 48.5 Å². The molecule has 2 aromatic carbocycles. The molecule has 2 aromatic rings. The average Bonchev–Trinajstić information content (AvgIpc) is 2.69. The van der Waals surface area contributed by atoms with Crippen LogP contribution >= 0.6 is 0 Å². The number of esters is 1. The number of halogens is 1. The summed E-state index contributed by atoms with van der Waals surface area (Å²) in [5.74, 6) is -2.92. The second kappa shape index (κ2) is 10.4. The number of carbonyl (C=O) groups excluding carboxylic acids is 3. The highest BCUT2D eigenvalue weighted by Gasteiger charge is 2.27. The largest absolute Gasteiger partial charge is 0.454 e. The van der Waals surface area contributed by atoms with Crippen LogP contribution in [0.5, 0.6) is 0 Å². The zero-order chi connectivity index (χ0) is 21.4. The van der Waals surface area contributed by atoms with E-state index in [0.717, 1.165) is 17.2 Å². The van der Waals surface area contributed by atoms with Crippen molar-refractivity contribution in [3.8, 4) is 0 Å². The van der Waals surface area contributed by atoms with Gasteiger partial charge in [0.25, 0.3) is 11.8 Å². The molecule has 2 amide bonds. The topological polar surface area (TPSA) is 84.5 Å². The molecule has 0 spiro atoms. The molecule has 29 heavy (non-hydrogen) atoms. The fourth-order valence-electron chi connectivity index (χ4n) is 2.64. The minimum atomic E-state index is -1.01. The molecule has 0 bridgehead atoms. The molecule has 7 heteroatoms. The van der Waals surface area contributed by atoms with Crippen molar-refractivity contribution in [3.05, 3.63) is 71.0 Å². The number of aryl methyl sites for hydroxylation is 1. The van der Waals surface area contributed by atoms with Gasteiger partial charge in [-0.3, -0.25) is 9.59 Å². The predicted molar refractivity (Wildman–Crippen MR) is 106 cm³/mol. The van der Waals surface area contributed by atoms with Crippen LogP contribution in [0.4, 0.5) is 4.39 Å². The Balaban J connectivity index is 1.89. The van der Waals surface area contributed by atoms with Gasteiger partial charge in [0, 0.05) is 6.54 Å². The summed E-state index contributed by atoms with van der Waals surface area (Å²) in [6, 6.07) is 12.1. The molecule has 0 aliphatic rings. The van der Waals surface area contributed by atoms with E-state index in [4.69, 9.17) is 4.74 Å². The molecule has 0 aliphatic carbocycles. The van der Waals surface area contributed by atoms with Crippen molar-refractivity contribution in [2.45, 2.75) is 33.4 Å². The Morgan fingerprint density at radius 3 is 2.34 bits per heavy atom. The summed E-state index contributed by atoms with van der Waals surface area (Å²) in [4.78, 5) is 36.6. The lowest BCUT2D eigenvalue weighted by molar-refractivity contribution is -0.151. The SMILES string of the molecule is Cc1ccccc1CNC(=O)COC(=O)[C@@H](NC(=O)c1ccccc1F)C(C)C. The van der Waals surface area contributed by atoms with E-state index in [9.17, 15) is 18.8 Å². The van der Waals surface area contributed by atoms with Crippen molar-refractivity contribution in [2.24, 2.45) is 5.92 Å². The monoisotopic (exact) mass is 400 g/mol. The van der Waals surface area contributed by atoms with E-state index in [0.29, 0.717) is 6.54 Å². The molecule has 6 nitrogen and oxygen atoms in total. The molecule has 154 valence electrons. The van der Waals surface area contributed by atoms with Crippen LogP contribution in [0.25, 0.3) is 0 Å². The third-order valence-electron chi connectivity index (χ3n) is 4.41. The molecule has 2 rings (SSSR count). The average molecular weight is 400 g/mol. The van der Waals surface area contributed by atoms with Gasteiger partial charge >= 0.3 is 5.97 Å². The number of carbonyl (C=O) groups is 3. The third kappa shape index (κ3) is 6.41. The Bertz CT molecular complexity index is 883. The summed E-state index contributed by atoms with van der Waals surface area (Å²) < 4.78 is 18.8. The first-order chi connectivity index (χ1) is 13.8. The van der Waals surface area contributed by atoms with Gasteiger partial charge in [0.1, 0.15) is 11.9 Å². The maximum Gasteiger partial charge on any atom is 0.329 e. The van der Waals surface area contributed by atoms with Crippen LogP contribution < -0.4 is 10.6 Å². The standard InChI is InChI=1S/C22H25FN2O4/c1-14(2)20(25-21(27)17-10-6-7-11-18(17)23)22(28)29-13-19(26)24-12-16-9-5-4-8-15(16)3/h4-11,14,20H,12-13H2,1-3H3,(H,24,26)(H,25,27)/t20-/m0/s1. The lowest BCUT2D eigenvalue weighted by atomic mass is 10.0. The number of nitrogens with one attached hydrogen (secondary N) is 2. The molecular formula is C22H25FN2O4. The minimum absolute atomic E-state index is 0.165. The Hall–Kier alpha value is -3.22. The molecule has 0 fully saturated rings. The van der Waals surface area contributed by atoms with Gasteiger partial charge in [0.05, 0.1) is 5.56 Å². The first-order valence-electron chi connectivity index (χ1n) is 9.32. The van der Waals surface area contributed by atoms with Gasteiger partial charge in [0.2, 0.25) is 0 Å². The Labute approximate surface area is 169 Å². The van der Waals surface area contributed by atoms with E-state index in [2.05, 4.69) is 10.6 Å². The molecule has 0 saturated carbocycles. The van der Waals surface area contributed by atoms with Crippen molar-refractivity contribution < 1.29 is 23.5 Å². The fraction of sp³-hybridized carbons (Fsp3) is 0.318. The van der Waals surface area contributed by atoms with E-state index in [1.54, 1.807) is 13.8 Å². The highest BCUT2D eigenvalue weighted by atomic mass is 19.1. The minimum Gasteiger partial charge on any atom is -0.454 e. The van der Waals surface area contributed by atoms with Crippen LogP contribution in [0.1, 0.15) is 35.3 Å². The van der Waals surface area contributed by atoms with Gasteiger partial charge in [-0.1, -0.05) is 50.2 Å². The van der Waals surface area contributed by atoms with Crippen molar-refractivity contribution >= 4 is 17.8 Å². The zero-order valence-electron chi connectivity index (χ0n) is 16.7. The van der Waals surface area contributed by atoms with Crippen molar-refractivity contribution in [2.75, 3.05) is 6.61 Å². The smallest absolute Gasteiger partial charge is 0.329 e. The number of hydrogen-bond acceptors (Lipinski definition) is 4. The van der Waals surface area contributed by atoms with Gasteiger partial charge < -0.3 is 15.4 Å². The predicted octanol–water partition coefficient (Wildman–Crippen LogP) is 2.75. The molecule has 0 saturated heterocycles. The number of benzene rings is 2. The van der Waals surface area contributed by atoms with Crippen LogP contribution in [0, 0.1) is 18.7 Å². The molecular weight excluding hydrogens is 375 g/mol. The number of rotatable bonds is 8. The molecule has 0 unspecified atom stereocenters. The van der Waals surface area contributed by atoms with Gasteiger partial charge in [-0.25, -0.2) is 9.18 Å². The highest BCUT2D eigenvalue weighted by molar-refractivity contribution is 5.97. The number of ether oxygens (including phenoxy) is 1. The number of hydrogen-bond donors (Lipinski definition) is 2. The number of amides is 2. The van der Waals surface area contributed by atoms with Gasteiger partial charge in [-0.15, -0.1) is 0 Å². The molecule has 0 heterocycles. The van der Waals surface area contributed by atoms with Crippen LogP contribution in [0.3, 0.4) is 0 Å². The zero-order valence-corrected chi connectivity index (χ0v) is 16.7. The fourth-order valence-corrected chi connectivity index (χ4v) is 2.64. The summed E-state index contributed by atoms with van der Waals surface area (Å²) in [7, 11) is 0. The maximum atomic E-state index is 13.8. The molecule has 1 atom stereocenters. The van der Waals surface area contributed by atoms with Gasteiger partial charge in [0.15, 0.2) is 6.61 Å². The Kier molecular flexibility index (Phi) is 7.88. The molecule has 2 N–H and O–H groups in total.